The van der Waals surface area contributed by atoms with E-state index in [2.05, 4.69) is 17.0 Å². The molecule has 1 heterocycles. The van der Waals surface area contributed by atoms with Crippen molar-refractivity contribution >= 4 is 21.6 Å². The number of sulfonamides is 1. The highest BCUT2D eigenvalue weighted by Crippen LogP contribution is 2.22. The van der Waals surface area contributed by atoms with E-state index in [0.29, 0.717) is 19.0 Å². The number of nitrogens with one attached hydrogen (secondary N) is 2. The maximum absolute atomic E-state index is 13.7. The van der Waals surface area contributed by atoms with Crippen molar-refractivity contribution in [3.63, 3.8) is 0 Å². The van der Waals surface area contributed by atoms with E-state index in [9.17, 15) is 17.6 Å². The van der Waals surface area contributed by atoms with Crippen molar-refractivity contribution in [2.75, 3.05) is 37.2 Å². The summed E-state index contributed by atoms with van der Waals surface area (Å²) < 4.78 is 38.4. The van der Waals surface area contributed by atoms with Gasteiger partial charge in [-0.3, -0.25) is 9.52 Å². The average molecular weight is 357 g/mol. The monoisotopic (exact) mass is 357 g/mol. The Kier molecular flexibility index (Phi) is 6.17. The van der Waals surface area contributed by atoms with Gasteiger partial charge in [-0.1, -0.05) is 6.92 Å². The highest BCUT2D eigenvalue weighted by atomic mass is 32.2. The minimum atomic E-state index is -3.61. The zero-order valence-corrected chi connectivity index (χ0v) is 14.8. The second kappa shape index (κ2) is 7.94. The summed E-state index contributed by atoms with van der Waals surface area (Å²) in [6, 6.07) is 3.75. The first kappa shape index (κ1) is 18.7. The van der Waals surface area contributed by atoms with E-state index < -0.39 is 15.8 Å². The predicted octanol–water partition coefficient (Wildman–Crippen LogP) is 1.66. The first-order valence-electron chi connectivity index (χ1n) is 8.07. The van der Waals surface area contributed by atoms with Crippen LogP contribution in [0.4, 0.5) is 10.1 Å². The summed E-state index contributed by atoms with van der Waals surface area (Å²) in [5.74, 6) is -0.348. The maximum Gasteiger partial charge on any atom is 0.253 e. The Labute approximate surface area is 142 Å². The molecule has 2 N–H and O–H groups in total. The van der Waals surface area contributed by atoms with Gasteiger partial charge in [-0.2, -0.15) is 0 Å². The summed E-state index contributed by atoms with van der Waals surface area (Å²) >= 11 is 0. The molecule has 1 aromatic carbocycles. The topological polar surface area (TPSA) is 78.5 Å². The molecule has 8 heteroatoms. The van der Waals surface area contributed by atoms with Gasteiger partial charge in [-0.15, -0.1) is 0 Å². The van der Waals surface area contributed by atoms with Gasteiger partial charge < -0.3 is 10.2 Å². The summed E-state index contributed by atoms with van der Waals surface area (Å²) in [7, 11) is -3.61. The summed E-state index contributed by atoms with van der Waals surface area (Å²) in [5, 5.41) is 3.32. The molecule has 1 saturated heterocycles. The minimum absolute atomic E-state index is 0.201. The van der Waals surface area contributed by atoms with Crippen molar-refractivity contribution in [2.24, 2.45) is 5.92 Å². The lowest BCUT2D eigenvalue weighted by Gasteiger charge is -2.32. The van der Waals surface area contributed by atoms with Crippen LogP contribution in [0.2, 0.25) is 0 Å². The third kappa shape index (κ3) is 5.17. The smallest absolute Gasteiger partial charge is 0.253 e. The van der Waals surface area contributed by atoms with Gasteiger partial charge in [0.2, 0.25) is 10.0 Å². The standard InChI is InChI=1S/C16H24FN3O3S/c1-3-18-11-12-6-8-20(9-7-12)16(21)13-4-5-14(17)15(10-13)19-24(2,22)23/h4-5,10,12,18-19H,3,6-9,11H2,1-2H3. The summed E-state index contributed by atoms with van der Waals surface area (Å²) in [6.07, 6.45) is 2.79. The van der Waals surface area contributed by atoms with Crippen LogP contribution in [0.3, 0.4) is 0 Å². The highest BCUT2D eigenvalue weighted by Gasteiger charge is 2.24. The van der Waals surface area contributed by atoms with E-state index >= 15 is 0 Å². The van der Waals surface area contributed by atoms with Gasteiger partial charge in [-0.25, -0.2) is 12.8 Å². The third-order valence-corrected chi connectivity index (χ3v) is 4.68. The number of anilines is 1. The molecule has 1 aliphatic rings. The number of rotatable bonds is 6. The summed E-state index contributed by atoms with van der Waals surface area (Å²) in [4.78, 5) is 14.3. The summed E-state index contributed by atoms with van der Waals surface area (Å²) in [5.41, 5.74) is 0.0815. The molecule has 2 rings (SSSR count). The van der Waals surface area contributed by atoms with Gasteiger partial charge in [0.05, 0.1) is 11.9 Å². The van der Waals surface area contributed by atoms with Gasteiger partial charge in [0.15, 0.2) is 0 Å². The number of likely N-dealkylation sites (tertiary alicyclic amines) is 1. The van der Waals surface area contributed by atoms with Crippen LogP contribution in [0.5, 0.6) is 0 Å². The Bertz CT molecular complexity index is 686. The normalized spacial score (nSPS) is 16.2. The number of piperidine rings is 1. The van der Waals surface area contributed by atoms with Crippen LogP contribution in [-0.4, -0.2) is 51.7 Å². The fourth-order valence-corrected chi connectivity index (χ4v) is 3.36. The lowest BCUT2D eigenvalue weighted by Crippen LogP contribution is -2.40. The van der Waals surface area contributed by atoms with E-state index in [1.165, 1.54) is 12.1 Å². The molecule has 0 radical (unpaired) electrons. The number of halogens is 1. The molecule has 0 bridgehead atoms. The molecule has 0 aliphatic carbocycles. The molecule has 1 fully saturated rings. The molecule has 1 amide bonds. The third-order valence-electron chi connectivity index (χ3n) is 4.09. The van der Waals surface area contributed by atoms with Gasteiger partial charge >= 0.3 is 0 Å². The van der Waals surface area contributed by atoms with E-state index in [0.717, 1.165) is 38.3 Å². The molecule has 0 unspecified atom stereocenters. The van der Waals surface area contributed by atoms with Crippen LogP contribution in [0.25, 0.3) is 0 Å². The zero-order valence-electron chi connectivity index (χ0n) is 14.0. The maximum atomic E-state index is 13.7. The first-order chi connectivity index (χ1) is 11.3. The second-order valence-electron chi connectivity index (χ2n) is 6.11. The number of hydrogen-bond acceptors (Lipinski definition) is 4. The molecule has 134 valence electrons. The van der Waals surface area contributed by atoms with Crippen LogP contribution in [0.15, 0.2) is 18.2 Å². The predicted molar refractivity (Wildman–Crippen MR) is 92.0 cm³/mol. The minimum Gasteiger partial charge on any atom is -0.339 e. The highest BCUT2D eigenvalue weighted by molar-refractivity contribution is 7.92. The number of benzene rings is 1. The summed E-state index contributed by atoms with van der Waals surface area (Å²) in [6.45, 7) is 5.26. The van der Waals surface area contributed by atoms with Crippen molar-refractivity contribution in [3.8, 4) is 0 Å². The molecule has 6 nitrogen and oxygen atoms in total. The lowest BCUT2D eigenvalue weighted by molar-refractivity contribution is 0.0690. The van der Waals surface area contributed by atoms with Crippen LogP contribution >= 0.6 is 0 Å². The zero-order chi connectivity index (χ0) is 17.7. The Balaban J connectivity index is 2.04. The average Bonchev–Trinajstić information content (AvgIpc) is 2.53. The van der Waals surface area contributed by atoms with Gasteiger partial charge in [0.1, 0.15) is 5.82 Å². The Morgan fingerprint density at radius 1 is 1.33 bits per heavy atom. The van der Waals surface area contributed by atoms with E-state index in [-0.39, 0.29) is 17.2 Å². The first-order valence-corrected chi connectivity index (χ1v) is 9.96. The second-order valence-corrected chi connectivity index (χ2v) is 7.86. The van der Waals surface area contributed by atoms with Crippen molar-refractivity contribution in [3.05, 3.63) is 29.6 Å². The fourth-order valence-electron chi connectivity index (χ4n) is 2.81. The van der Waals surface area contributed by atoms with Crippen molar-refractivity contribution < 1.29 is 17.6 Å². The Hall–Kier alpha value is -1.67. The van der Waals surface area contributed by atoms with Crippen LogP contribution in [0, 0.1) is 11.7 Å². The number of amides is 1. The van der Waals surface area contributed by atoms with Crippen molar-refractivity contribution in [1.82, 2.24) is 10.2 Å². The van der Waals surface area contributed by atoms with Crippen LogP contribution in [0.1, 0.15) is 30.1 Å². The molecule has 0 atom stereocenters. The van der Waals surface area contributed by atoms with Crippen molar-refractivity contribution in [2.45, 2.75) is 19.8 Å². The van der Waals surface area contributed by atoms with E-state index in [1.54, 1.807) is 4.90 Å². The van der Waals surface area contributed by atoms with Gasteiger partial charge in [0.25, 0.3) is 5.91 Å². The quantitative estimate of drug-likeness (QED) is 0.812. The van der Waals surface area contributed by atoms with Crippen LogP contribution < -0.4 is 10.0 Å². The molecule has 1 aliphatic heterocycles. The van der Waals surface area contributed by atoms with E-state index in [1.807, 2.05) is 0 Å². The molecular formula is C16H24FN3O3S. The Morgan fingerprint density at radius 2 is 2.00 bits per heavy atom. The van der Waals surface area contributed by atoms with Gasteiger partial charge in [-0.05, 0) is 50.0 Å². The number of carbonyl (C=O) groups excluding carboxylic acids is 1. The number of carbonyl (C=O) groups is 1. The SMILES string of the molecule is CCNCC1CCN(C(=O)c2ccc(F)c(NS(C)(=O)=O)c2)CC1. The van der Waals surface area contributed by atoms with Crippen molar-refractivity contribution in [1.29, 1.82) is 0 Å². The van der Waals surface area contributed by atoms with Gasteiger partial charge in [0, 0.05) is 18.7 Å². The fraction of sp³-hybridized carbons (Fsp3) is 0.562. The molecule has 0 spiro atoms. The largest absolute Gasteiger partial charge is 0.339 e. The number of hydrogen-bond donors (Lipinski definition) is 2. The molecule has 0 saturated carbocycles. The number of nitrogens with zero attached hydrogens (tertiary/aromatic N) is 1. The lowest BCUT2D eigenvalue weighted by atomic mass is 9.96. The molecular weight excluding hydrogens is 333 g/mol. The molecule has 1 aromatic rings. The van der Waals surface area contributed by atoms with E-state index in [4.69, 9.17) is 0 Å². The molecule has 0 aromatic heterocycles. The Morgan fingerprint density at radius 3 is 2.58 bits per heavy atom. The molecule has 24 heavy (non-hydrogen) atoms. The van der Waals surface area contributed by atoms with Crippen LogP contribution in [-0.2, 0) is 10.0 Å².